The zero-order chi connectivity index (χ0) is 15.4. The highest BCUT2D eigenvalue weighted by molar-refractivity contribution is 9.10. The van der Waals surface area contributed by atoms with Crippen LogP contribution in [0.5, 0.6) is 5.75 Å². The molecule has 0 bridgehead atoms. The van der Waals surface area contributed by atoms with Crippen molar-refractivity contribution in [3.05, 3.63) is 58.1 Å². The van der Waals surface area contributed by atoms with Crippen LogP contribution in [0.25, 0.3) is 0 Å². The molecule has 0 aliphatic rings. The average Bonchev–Trinajstić information content (AvgIpc) is 2.36. The van der Waals surface area contributed by atoms with E-state index in [2.05, 4.69) is 21.2 Å². The van der Waals surface area contributed by atoms with Crippen LogP contribution in [0.2, 0.25) is 0 Å². The van der Waals surface area contributed by atoms with E-state index in [9.17, 15) is 13.6 Å². The van der Waals surface area contributed by atoms with E-state index in [4.69, 9.17) is 4.74 Å². The van der Waals surface area contributed by atoms with Gasteiger partial charge in [-0.05, 0) is 52.7 Å². The first-order valence-electron chi connectivity index (χ1n) is 6.09. The Hall–Kier alpha value is -1.95. The lowest BCUT2D eigenvalue weighted by molar-refractivity contribution is -0.118. The summed E-state index contributed by atoms with van der Waals surface area (Å²) in [7, 11) is 0. The Kier molecular flexibility index (Phi) is 4.90. The van der Waals surface area contributed by atoms with Crippen LogP contribution < -0.4 is 10.1 Å². The van der Waals surface area contributed by atoms with E-state index in [1.165, 1.54) is 0 Å². The standard InChI is InChI=1S/C15H12BrF2NO2/c1-9-2-3-14(13(16)4-9)21-8-15(20)19-12-6-10(17)5-11(18)7-12/h2-7H,8H2,1H3,(H,19,20). The molecule has 0 saturated carbocycles. The number of nitrogens with one attached hydrogen (secondary N) is 1. The van der Waals surface area contributed by atoms with Crippen molar-refractivity contribution in [1.29, 1.82) is 0 Å². The van der Waals surface area contributed by atoms with Crippen LogP contribution in [0, 0.1) is 18.6 Å². The lowest BCUT2D eigenvalue weighted by Crippen LogP contribution is -2.20. The van der Waals surface area contributed by atoms with Crippen molar-refractivity contribution in [3.63, 3.8) is 0 Å². The molecule has 21 heavy (non-hydrogen) atoms. The van der Waals surface area contributed by atoms with Crippen LogP contribution in [0.1, 0.15) is 5.56 Å². The quantitative estimate of drug-likeness (QED) is 0.898. The van der Waals surface area contributed by atoms with Gasteiger partial charge in [-0.2, -0.15) is 0 Å². The predicted octanol–water partition coefficient (Wildman–Crippen LogP) is 4.05. The third-order valence-electron chi connectivity index (χ3n) is 2.59. The molecule has 0 unspecified atom stereocenters. The summed E-state index contributed by atoms with van der Waals surface area (Å²) in [5.74, 6) is -1.51. The fraction of sp³-hybridized carbons (Fsp3) is 0.133. The summed E-state index contributed by atoms with van der Waals surface area (Å²) in [4.78, 5) is 11.7. The first kappa shape index (κ1) is 15.4. The fourth-order valence-electron chi connectivity index (χ4n) is 1.69. The van der Waals surface area contributed by atoms with Crippen molar-refractivity contribution in [3.8, 4) is 5.75 Å². The Bertz CT molecular complexity index is 656. The number of benzene rings is 2. The molecule has 0 radical (unpaired) electrons. The molecular formula is C15H12BrF2NO2. The molecule has 0 heterocycles. The van der Waals surface area contributed by atoms with Crippen LogP contribution in [-0.2, 0) is 4.79 Å². The van der Waals surface area contributed by atoms with Crippen molar-refractivity contribution < 1.29 is 18.3 Å². The molecule has 0 atom stereocenters. The van der Waals surface area contributed by atoms with Gasteiger partial charge >= 0.3 is 0 Å². The maximum atomic E-state index is 13.0. The van der Waals surface area contributed by atoms with Crippen molar-refractivity contribution in [1.82, 2.24) is 0 Å². The summed E-state index contributed by atoms with van der Waals surface area (Å²) in [6.45, 7) is 1.67. The summed E-state index contributed by atoms with van der Waals surface area (Å²) in [6.07, 6.45) is 0. The molecule has 0 spiro atoms. The van der Waals surface area contributed by atoms with Gasteiger partial charge < -0.3 is 10.1 Å². The normalized spacial score (nSPS) is 10.3. The van der Waals surface area contributed by atoms with E-state index < -0.39 is 17.5 Å². The van der Waals surface area contributed by atoms with Crippen LogP contribution in [0.4, 0.5) is 14.5 Å². The summed E-state index contributed by atoms with van der Waals surface area (Å²) in [5.41, 5.74) is 1.10. The monoisotopic (exact) mass is 355 g/mol. The first-order valence-corrected chi connectivity index (χ1v) is 6.88. The zero-order valence-corrected chi connectivity index (χ0v) is 12.7. The highest BCUT2D eigenvalue weighted by Gasteiger charge is 2.08. The van der Waals surface area contributed by atoms with Crippen LogP contribution in [-0.4, -0.2) is 12.5 Å². The van der Waals surface area contributed by atoms with Crippen LogP contribution in [0.15, 0.2) is 40.9 Å². The number of carbonyl (C=O) groups excluding carboxylic acids is 1. The van der Waals surface area contributed by atoms with Crippen LogP contribution in [0.3, 0.4) is 0 Å². The topological polar surface area (TPSA) is 38.3 Å². The van der Waals surface area contributed by atoms with E-state index in [1.54, 1.807) is 6.07 Å². The Balaban J connectivity index is 1.95. The van der Waals surface area contributed by atoms with Crippen molar-refractivity contribution in [2.45, 2.75) is 6.92 Å². The molecule has 0 aliphatic carbocycles. The molecule has 1 amide bonds. The number of rotatable bonds is 4. The largest absolute Gasteiger partial charge is 0.483 e. The molecule has 1 N–H and O–H groups in total. The maximum Gasteiger partial charge on any atom is 0.262 e. The molecule has 110 valence electrons. The zero-order valence-electron chi connectivity index (χ0n) is 11.1. The van der Waals surface area contributed by atoms with E-state index in [-0.39, 0.29) is 12.3 Å². The van der Waals surface area contributed by atoms with Gasteiger partial charge in [0.25, 0.3) is 5.91 Å². The highest BCUT2D eigenvalue weighted by atomic mass is 79.9. The SMILES string of the molecule is Cc1ccc(OCC(=O)Nc2cc(F)cc(F)c2)c(Br)c1. The number of anilines is 1. The van der Waals surface area contributed by atoms with Crippen LogP contribution >= 0.6 is 15.9 Å². The minimum absolute atomic E-state index is 0.0454. The molecule has 0 saturated heterocycles. The van der Waals surface area contributed by atoms with E-state index in [0.29, 0.717) is 5.75 Å². The molecular weight excluding hydrogens is 344 g/mol. The number of hydrogen-bond donors (Lipinski definition) is 1. The number of aryl methyl sites for hydroxylation is 1. The third kappa shape index (κ3) is 4.53. The van der Waals surface area contributed by atoms with Gasteiger partial charge in [0.05, 0.1) is 4.47 Å². The average molecular weight is 356 g/mol. The first-order chi connectivity index (χ1) is 9.94. The molecule has 6 heteroatoms. The van der Waals surface area contributed by atoms with Gasteiger partial charge in [0.2, 0.25) is 0 Å². The number of hydrogen-bond acceptors (Lipinski definition) is 2. The molecule has 2 rings (SSSR count). The van der Waals surface area contributed by atoms with Gasteiger partial charge in [-0.3, -0.25) is 4.79 Å². The number of amides is 1. The summed E-state index contributed by atoms with van der Waals surface area (Å²) < 4.78 is 32.1. The number of ether oxygens (including phenoxy) is 1. The Morgan fingerprint density at radius 2 is 1.86 bits per heavy atom. The van der Waals surface area contributed by atoms with E-state index in [1.807, 2.05) is 19.1 Å². The summed E-state index contributed by atoms with van der Waals surface area (Å²) in [5, 5.41) is 2.37. The maximum absolute atomic E-state index is 13.0. The molecule has 0 fully saturated rings. The smallest absolute Gasteiger partial charge is 0.262 e. The second-order valence-corrected chi connectivity index (χ2v) is 5.28. The second kappa shape index (κ2) is 6.67. The molecule has 2 aromatic carbocycles. The van der Waals surface area contributed by atoms with Gasteiger partial charge in [-0.25, -0.2) is 8.78 Å². The summed E-state index contributed by atoms with van der Waals surface area (Å²) >= 11 is 3.33. The van der Waals surface area contributed by atoms with Gasteiger partial charge in [-0.1, -0.05) is 6.07 Å². The minimum atomic E-state index is -0.757. The number of carbonyl (C=O) groups is 1. The van der Waals surface area contributed by atoms with Gasteiger partial charge in [0.1, 0.15) is 17.4 Å². The Labute approximate surface area is 129 Å². The summed E-state index contributed by atoms with van der Waals surface area (Å²) in [6, 6.07) is 8.23. The predicted molar refractivity (Wildman–Crippen MR) is 79.4 cm³/mol. The van der Waals surface area contributed by atoms with E-state index in [0.717, 1.165) is 28.2 Å². The van der Waals surface area contributed by atoms with E-state index >= 15 is 0 Å². The Morgan fingerprint density at radius 1 is 1.19 bits per heavy atom. The molecule has 2 aromatic rings. The molecule has 3 nitrogen and oxygen atoms in total. The fourth-order valence-corrected chi connectivity index (χ4v) is 2.30. The molecule has 0 aromatic heterocycles. The lowest BCUT2D eigenvalue weighted by Gasteiger charge is -2.09. The third-order valence-corrected chi connectivity index (χ3v) is 3.21. The van der Waals surface area contributed by atoms with Crippen molar-refractivity contribution in [2.75, 3.05) is 11.9 Å². The lowest BCUT2D eigenvalue weighted by atomic mass is 10.2. The van der Waals surface area contributed by atoms with Gasteiger partial charge in [0.15, 0.2) is 6.61 Å². The second-order valence-electron chi connectivity index (χ2n) is 4.43. The molecule has 0 aliphatic heterocycles. The van der Waals surface area contributed by atoms with Gasteiger partial charge in [0, 0.05) is 11.8 Å². The minimum Gasteiger partial charge on any atom is -0.483 e. The Morgan fingerprint density at radius 3 is 2.48 bits per heavy atom. The number of halogens is 3. The van der Waals surface area contributed by atoms with Gasteiger partial charge in [-0.15, -0.1) is 0 Å². The highest BCUT2D eigenvalue weighted by Crippen LogP contribution is 2.25. The van der Waals surface area contributed by atoms with Crippen molar-refractivity contribution in [2.24, 2.45) is 0 Å². The van der Waals surface area contributed by atoms with Crippen molar-refractivity contribution >= 4 is 27.5 Å².